The normalized spacial score (nSPS) is 11.9. The molecule has 0 spiro atoms. The van der Waals surface area contributed by atoms with Crippen LogP contribution in [0.3, 0.4) is 0 Å². The van der Waals surface area contributed by atoms with Gasteiger partial charge in [-0.2, -0.15) is 0 Å². The molecule has 0 aliphatic heterocycles. The van der Waals surface area contributed by atoms with Crippen molar-refractivity contribution in [2.24, 2.45) is 5.92 Å². The van der Waals surface area contributed by atoms with E-state index in [1.54, 1.807) is 6.92 Å². The topological polar surface area (TPSA) is 78.4 Å². The van der Waals surface area contributed by atoms with E-state index < -0.39 is 11.9 Å². The van der Waals surface area contributed by atoms with Crippen molar-refractivity contribution < 1.29 is 14.7 Å². The number of aliphatic carboxylic acids is 1. The van der Waals surface area contributed by atoms with E-state index in [4.69, 9.17) is 5.11 Å². The van der Waals surface area contributed by atoms with Crippen LogP contribution in [0, 0.1) is 5.92 Å². The number of amides is 2. The third kappa shape index (κ3) is 11.8. The Hall–Kier alpha value is -1.26. The van der Waals surface area contributed by atoms with Crippen molar-refractivity contribution in [1.82, 2.24) is 10.6 Å². The van der Waals surface area contributed by atoms with E-state index in [1.807, 2.05) is 0 Å². The number of hydrogen-bond acceptors (Lipinski definition) is 2. The molecule has 0 saturated heterocycles. The van der Waals surface area contributed by atoms with Crippen molar-refractivity contribution in [3.05, 3.63) is 0 Å². The number of nitrogens with one attached hydrogen (secondary N) is 2. The number of carboxylic acid groups (broad SMARTS) is 1. The maximum Gasteiger partial charge on any atom is 0.314 e. The van der Waals surface area contributed by atoms with E-state index in [0.717, 1.165) is 12.8 Å². The van der Waals surface area contributed by atoms with E-state index in [9.17, 15) is 9.59 Å². The maximum absolute atomic E-state index is 11.4. The molecule has 3 N–H and O–H groups in total. The van der Waals surface area contributed by atoms with Gasteiger partial charge in [0.25, 0.3) is 0 Å². The summed E-state index contributed by atoms with van der Waals surface area (Å²) >= 11 is 0. The summed E-state index contributed by atoms with van der Waals surface area (Å²) in [5.74, 6) is -1.45. The molecule has 0 bridgehead atoms. The fraction of sp³-hybridized carbons (Fsp3) is 0.867. The second kappa shape index (κ2) is 12.8. The molecule has 1 unspecified atom stereocenters. The van der Waals surface area contributed by atoms with Crippen molar-refractivity contribution in [2.45, 2.75) is 65.2 Å². The lowest BCUT2D eigenvalue weighted by Gasteiger charge is -2.09. The number of carbonyl (C=O) groups excluding carboxylic acids is 1. The summed E-state index contributed by atoms with van der Waals surface area (Å²) in [6.45, 7) is 4.61. The van der Waals surface area contributed by atoms with Crippen molar-refractivity contribution in [3.63, 3.8) is 0 Å². The first-order valence-electron chi connectivity index (χ1n) is 7.82. The summed E-state index contributed by atoms with van der Waals surface area (Å²) in [7, 11) is 0. The highest BCUT2D eigenvalue weighted by Crippen LogP contribution is 2.07. The lowest BCUT2D eigenvalue weighted by molar-refractivity contribution is -0.140. The van der Waals surface area contributed by atoms with E-state index >= 15 is 0 Å². The number of urea groups is 1. The summed E-state index contributed by atoms with van der Waals surface area (Å²) in [6.07, 6.45) is 9.88. The molecule has 0 heterocycles. The number of hydrogen-bond donors (Lipinski definition) is 3. The van der Waals surface area contributed by atoms with Gasteiger partial charge in [-0.15, -0.1) is 0 Å². The summed E-state index contributed by atoms with van der Waals surface area (Å²) in [6, 6.07) is -0.277. The SMILES string of the molecule is CCCCCCCCCCNC(=O)NCC(C)C(=O)O. The molecule has 0 aliphatic carbocycles. The Morgan fingerprint density at radius 1 is 0.950 bits per heavy atom. The van der Waals surface area contributed by atoms with Gasteiger partial charge >= 0.3 is 12.0 Å². The van der Waals surface area contributed by atoms with Crippen LogP contribution in [0.1, 0.15) is 65.2 Å². The van der Waals surface area contributed by atoms with Crippen LogP contribution in [0.2, 0.25) is 0 Å². The van der Waals surface area contributed by atoms with Crippen molar-refractivity contribution in [1.29, 1.82) is 0 Å². The summed E-state index contributed by atoms with van der Waals surface area (Å²) in [4.78, 5) is 21.9. The van der Waals surface area contributed by atoms with E-state index in [-0.39, 0.29) is 12.6 Å². The Labute approximate surface area is 122 Å². The van der Waals surface area contributed by atoms with Gasteiger partial charge in [0, 0.05) is 13.1 Å². The Kier molecular flexibility index (Phi) is 12.0. The van der Waals surface area contributed by atoms with Gasteiger partial charge < -0.3 is 15.7 Å². The predicted molar refractivity (Wildman–Crippen MR) is 80.8 cm³/mol. The van der Waals surface area contributed by atoms with Crippen LogP contribution < -0.4 is 10.6 Å². The van der Waals surface area contributed by atoms with Crippen LogP contribution in [-0.4, -0.2) is 30.2 Å². The van der Waals surface area contributed by atoms with E-state index in [1.165, 1.54) is 38.5 Å². The predicted octanol–water partition coefficient (Wildman–Crippen LogP) is 3.15. The maximum atomic E-state index is 11.4. The molecule has 5 heteroatoms. The Morgan fingerprint density at radius 2 is 1.50 bits per heavy atom. The number of carbonyl (C=O) groups is 2. The van der Waals surface area contributed by atoms with Crippen molar-refractivity contribution in [2.75, 3.05) is 13.1 Å². The first-order chi connectivity index (χ1) is 9.57. The largest absolute Gasteiger partial charge is 0.481 e. The van der Waals surface area contributed by atoms with Crippen LogP contribution >= 0.6 is 0 Å². The van der Waals surface area contributed by atoms with Crippen LogP contribution in [0.15, 0.2) is 0 Å². The van der Waals surface area contributed by atoms with Gasteiger partial charge in [0.15, 0.2) is 0 Å². The number of unbranched alkanes of at least 4 members (excludes halogenated alkanes) is 7. The van der Waals surface area contributed by atoms with E-state index in [2.05, 4.69) is 17.6 Å². The zero-order valence-electron chi connectivity index (χ0n) is 12.9. The van der Waals surface area contributed by atoms with Crippen LogP contribution in [0.4, 0.5) is 4.79 Å². The first kappa shape index (κ1) is 18.7. The van der Waals surface area contributed by atoms with Gasteiger partial charge in [-0.1, -0.05) is 58.8 Å². The number of rotatable bonds is 12. The minimum absolute atomic E-state index is 0.165. The standard InChI is InChI=1S/C15H30N2O3/c1-3-4-5-6-7-8-9-10-11-16-15(20)17-12-13(2)14(18)19/h13H,3-12H2,1-2H3,(H,18,19)(H2,16,17,20). The monoisotopic (exact) mass is 286 g/mol. The quantitative estimate of drug-likeness (QED) is 0.482. The average molecular weight is 286 g/mol. The highest BCUT2D eigenvalue weighted by Gasteiger charge is 2.11. The second-order valence-electron chi connectivity index (χ2n) is 5.35. The summed E-state index contributed by atoms with van der Waals surface area (Å²) in [5, 5.41) is 14.0. The van der Waals surface area contributed by atoms with Gasteiger partial charge in [0.2, 0.25) is 0 Å². The molecular formula is C15H30N2O3. The fourth-order valence-electron chi connectivity index (χ4n) is 1.86. The first-order valence-corrected chi connectivity index (χ1v) is 7.82. The Morgan fingerprint density at radius 3 is 2.05 bits per heavy atom. The Bertz CT molecular complexity index is 270. The van der Waals surface area contributed by atoms with Crippen molar-refractivity contribution >= 4 is 12.0 Å². The van der Waals surface area contributed by atoms with Gasteiger partial charge in [-0.25, -0.2) is 4.79 Å². The zero-order chi connectivity index (χ0) is 15.2. The molecule has 0 saturated carbocycles. The Balaban J connectivity index is 3.29. The van der Waals surface area contributed by atoms with Crippen molar-refractivity contribution in [3.8, 4) is 0 Å². The molecule has 0 aromatic carbocycles. The molecule has 0 fully saturated rings. The molecule has 0 rings (SSSR count). The molecule has 0 aromatic rings. The van der Waals surface area contributed by atoms with Gasteiger partial charge in [-0.3, -0.25) is 4.79 Å². The van der Waals surface area contributed by atoms with E-state index in [0.29, 0.717) is 6.54 Å². The van der Waals surface area contributed by atoms with Gasteiger partial charge in [0.05, 0.1) is 5.92 Å². The van der Waals surface area contributed by atoms with Crippen LogP contribution in [-0.2, 0) is 4.79 Å². The summed E-state index contributed by atoms with van der Waals surface area (Å²) < 4.78 is 0. The molecule has 0 aromatic heterocycles. The molecule has 5 nitrogen and oxygen atoms in total. The highest BCUT2D eigenvalue weighted by molar-refractivity contribution is 5.75. The lowest BCUT2D eigenvalue weighted by atomic mass is 10.1. The third-order valence-corrected chi connectivity index (χ3v) is 3.31. The number of carboxylic acids is 1. The second-order valence-corrected chi connectivity index (χ2v) is 5.35. The fourth-order valence-corrected chi connectivity index (χ4v) is 1.86. The molecule has 0 radical (unpaired) electrons. The highest BCUT2D eigenvalue weighted by atomic mass is 16.4. The van der Waals surface area contributed by atoms with Gasteiger partial charge in [0.1, 0.15) is 0 Å². The molecule has 20 heavy (non-hydrogen) atoms. The smallest absolute Gasteiger partial charge is 0.314 e. The average Bonchev–Trinajstić information content (AvgIpc) is 2.42. The minimum atomic E-state index is -0.895. The molecule has 2 amide bonds. The third-order valence-electron chi connectivity index (χ3n) is 3.31. The summed E-state index contributed by atoms with van der Waals surface area (Å²) in [5.41, 5.74) is 0. The molecule has 0 aliphatic rings. The zero-order valence-corrected chi connectivity index (χ0v) is 12.9. The molecule has 118 valence electrons. The molecular weight excluding hydrogens is 256 g/mol. The molecule has 1 atom stereocenters. The van der Waals surface area contributed by atoms with Gasteiger partial charge in [-0.05, 0) is 6.42 Å². The minimum Gasteiger partial charge on any atom is -0.481 e. The lowest BCUT2D eigenvalue weighted by Crippen LogP contribution is -2.39. The van der Waals surface area contributed by atoms with Crippen LogP contribution in [0.25, 0.3) is 0 Å². The van der Waals surface area contributed by atoms with Crippen LogP contribution in [0.5, 0.6) is 0 Å².